The van der Waals surface area contributed by atoms with Gasteiger partial charge in [0.1, 0.15) is 6.61 Å². The van der Waals surface area contributed by atoms with Crippen molar-refractivity contribution in [2.24, 2.45) is 0 Å². The molecule has 0 aliphatic rings. The van der Waals surface area contributed by atoms with Gasteiger partial charge in [0.05, 0.1) is 10.5 Å². The minimum Gasteiger partial charge on any atom is -0.485 e. The number of carbonyl (C=O) groups excluding carboxylic acids is 1. The van der Waals surface area contributed by atoms with Crippen LogP contribution < -0.4 is 4.74 Å². The molecule has 0 unspecified atom stereocenters. The zero-order valence-corrected chi connectivity index (χ0v) is 10.6. The lowest BCUT2D eigenvalue weighted by molar-refractivity contribution is -0.387. The van der Waals surface area contributed by atoms with Crippen LogP contribution in [0, 0.1) is 21.7 Å². The van der Waals surface area contributed by atoms with E-state index in [1.165, 1.54) is 18.2 Å². The third-order valence-electron chi connectivity index (χ3n) is 2.72. The lowest BCUT2D eigenvalue weighted by Gasteiger charge is -2.09. The Hall–Kier alpha value is -2.83. The fraction of sp³-hybridized carbons (Fsp3) is 0.0714. The number of halogens is 2. The van der Waals surface area contributed by atoms with Gasteiger partial charge in [-0.3, -0.25) is 14.9 Å². The smallest absolute Gasteiger partial charge is 0.304 e. The normalized spacial score (nSPS) is 10.2. The summed E-state index contributed by atoms with van der Waals surface area (Å²) in [5, 5.41) is 10.5. The van der Waals surface area contributed by atoms with Gasteiger partial charge in [-0.05, 0) is 29.8 Å². The second-order valence-electron chi connectivity index (χ2n) is 4.11. The third-order valence-corrected chi connectivity index (χ3v) is 2.72. The molecule has 0 spiro atoms. The first-order chi connectivity index (χ1) is 10.0. The second kappa shape index (κ2) is 6.08. The van der Waals surface area contributed by atoms with Gasteiger partial charge >= 0.3 is 5.69 Å². The molecule has 0 radical (unpaired) electrons. The Morgan fingerprint density at radius 2 is 1.95 bits per heavy atom. The van der Waals surface area contributed by atoms with Gasteiger partial charge in [-0.25, -0.2) is 4.39 Å². The summed E-state index contributed by atoms with van der Waals surface area (Å²) in [6.07, 6.45) is 0.439. The molecule has 0 fully saturated rings. The molecule has 21 heavy (non-hydrogen) atoms. The van der Waals surface area contributed by atoms with Crippen LogP contribution in [0.25, 0.3) is 0 Å². The van der Waals surface area contributed by atoms with E-state index < -0.39 is 22.2 Å². The first-order valence-corrected chi connectivity index (χ1v) is 5.82. The van der Waals surface area contributed by atoms with E-state index in [0.717, 1.165) is 18.2 Å². The molecule has 0 saturated heterocycles. The summed E-state index contributed by atoms with van der Waals surface area (Å²) in [6, 6.07) is 7.08. The van der Waals surface area contributed by atoms with E-state index in [4.69, 9.17) is 4.74 Å². The molecule has 0 atom stereocenters. The number of nitrogens with zero attached hydrogens (tertiary/aromatic N) is 1. The molecule has 0 amide bonds. The van der Waals surface area contributed by atoms with Crippen LogP contribution in [0.2, 0.25) is 0 Å². The second-order valence-corrected chi connectivity index (χ2v) is 4.11. The minimum atomic E-state index is -1.01. The first kappa shape index (κ1) is 14.6. The van der Waals surface area contributed by atoms with Crippen LogP contribution in [0.5, 0.6) is 5.75 Å². The van der Waals surface area contributed by atoms with Gasteiger partial charge in [0.25, 0.3) is 0 Å². The van der Waals surface area contributed by atoms with Gasteiger partial charge < -0.3 is 4.74 Å². The lowest BCUT2D eigenvalue weighted by Crippen LogP contribution is -2.02. The molecule has 0 aliphatic heterocycles. The number of para-hydroxylation sites is 1. The first-order valence-electron chi connectivity index (χ1n) is 5.82. The van der Waals surface area contributed by atoms with Crippen LogP contribution >= 0.6 is 0 Å². The van der Waals surface area contributed by atoms with Crippen molar-refractivity contribution < 1.29 is 23.2 Å². The monoisotopic (exact) mass is 293 g/mol. The quantitative estimate of drug-likeness (QED) is 0.482. The predicted molar refractivity (Wildman–Crippen MR) is 69.2 cm³/mol. The van der Waals surface area contributed by atoms with E-state index in [0.29, 0.717) is 6.29 Å². The van der Waals surface area contributed by atoms with Gasteiger partial charge in [0, 0.05) is 6.07 Å². The molecule has 0 saturated carbocycles. The summed E-state index contributed by atoms with van der Waals surface area (Å²) in [4.78, 5) is 20.4. The predicted octanol–water partition coefficient (Wildman–Crippen LogP) is 3.26. The van der Waals surface area contributed by atoms with Gasteiger partial charge in [-0.15, -0.1) is 0 Å². The Kier molecular flexibility index (Phi) is 4.22. The van der Waals surface area contributed by atoms with Crippen LogP contribution in [0.15, 0.2) is 36.4 Å². The van der Waals surface area contributed by atoms with Crippen molar-refractivity contribution in [2.45, 2.75) is 6.61 Å². The number of carbonyl (C=O) groups is 1. The summed E-state index contributed by atoms with van der Waals surface area (Å²) in [5.74, 6) is -1.97. The third kappa shape index (κ3) is 3.19. The Morgan fingerprint density at radius 1 is 1.19 bits per heavy atom. The van der Waals surface area contributed by atoms with Crippen molar-refractivity contribution in [1.82, 2.24) is 0 Å². The molecule has 5 nitrogen and oxygen atoms in total. The van der Waals surface area contributed by atoms with Crippen molar-refractivity contribution in [1.29, 1.82) is 0 Å². The Labute approximate surface area is 117 Å². The molecule has 7 heteroatoms. The fourth-order valence-electron chi connectivity index (χ4n) is 1.71. The van der Waals surface area contributed by atoms with Crippen LogP contribution in [0.1, 0.15) is 15.9 Å². The molecule has 0 heterocycles. The summed E-state index contributed by atoms with van der Waals surface area (Å²) < 4.78 is 32.1. The van der Waals surface area contributed by atoms with E-state index in [1.54, 1.807) is 0 Å². The lowest BCUT2D eigenvalue weighted by atomic mass is 10.2. The van der Waals surface area contributed by atoms with Gasteiger partial charge in [-0.2, -0.15) is 4.39 Å². The maximum Gasteiger partial charge on any atom is 0.304 e. The summed E-state index contributed by atoms with van der Waals surface area (Å²) in [5.41, 5.74) is -0.353. The number of nitro groups is 1. The van der Waals surface area contributed by atoms with Crippen molar-refractivity contribution in [2.75, 3.05) is 0 Å². The number of nitro benzene ring substituents is 1. The topological polar surface area (TPSA) is 69.4 Å². The number of aldehydes is 1. The zero-order chi connectivity index (χ0) is 15.4. The molecule has 2 aromatic rings. The highest BCUT2D eigenvalue weighted by Gasteiger charge is 2.15. The summed E-state index contributed by atoms with van der Waals surface area (Å²) >= 11 is 0. The van der Waals surface area contributed by atoms with Crippen LogP contribution in [-0.4, -0.2) is 11.2 Å². The standard InChI is InChI=1S/C14H9F2NO4/c15-11-3-1-2-10(7-18)14(11)21-8-9-4-5-13(17(19)20)12(16)6-9/h1-7H,8H2. The molecular weight excluding hydrogens is 284 g/mol. The molecule has 2 aromatic carbocycles. The van der Waals surface area contributed by atoms with Crippen LogP contribution in [0.4, 0.5) is 14.5 Å². The molecular formula is C14H9F2NO4. The van der Waals surface area contributed by atoms with Crippen LogP contribution in [0.3, 0.4) is 0 Å². The zero-order valence-electron chi connectivity index (χ0n) is 10.6. The van der Waals surface area contributed by atoms with E-state index in [9.17, 15) is 23.7 Å². The molecule has 0 bridgehead atoms. The van der Waals surface area contributed by atoms with Gasteiger partial charge in [0.2, 0.25) is 5.82 Å². The molecule has 2 rings (SSSR count). The maximum atomic E-state index is 13.5. The van der Waals surface area contributed by atoms with Crippen LogP contribution in [-0.2, 0) is 6.61 Å². The van der Waals surface area contributed by atoms with E-state index in [2.05, 4.69) is 0 Å². The molecule has 0 N–H and O–H groups in total. The molecule has 0 aromatic heterocycles. The van der Waals surface area contributed by atoms with E-state index >= 15 is 0 Å². The van der Waals surface area contributed by atoms with Crippen molar-refractivity contribution in [3.05, 3.63) is 69.3 Å². The average Bonchev–Trinajstić information content (AvgIpc) is 2.45. The van der Waals surface area contributed by atoms with Crippen molar-refractivity contribution >= 4 is 12.0 Å². The maximum absolute atomic E-state index is 13.5. The van der Waals surface area contributed by atoms with Crippen molar-refractivity contribution in [3.63, 3.8) is 0 Å². The number of hydrogen-bond acceptors (Lipinski definition) is 4. The Balaban J connectivity index is 2.19. The Bertz CT molecular complexity index is 703. The Morgan fingerprint density at radius 3 is 2.57 bits per heavy atom. The average molecular weight is 293 g/mol. The van der Waals surface area contributed by atoms with E-state index in [-0.39, 0.29) is 23.5 Å². The van der Waals surface area contributed by atoms with Gasteiger partial charge in [0.15, 0.2) is 17.9 Å². The largest absolute Gasteiger partial charge is 0.485 e. The number of ether oxygens (including phenoxy) is 1. The van der Waals surface area contributed by atoms with Crippen molar-refractivity contribution in [3.8, 4) is 5.75 Å². The highest BCUT2D eigenvalue weighted by Crippen LogP contribution is 2.23. The highest BCUT2D eigenvalue weighted by atomic mass is 19.1. The molecule has 108 valence electrons. The van der Waals surface area contributed by atoms with E-state index in [1.807, 2.05) is 0 Å². The minimum absolute atomic E-state index is 0.0254. The number of benzene rings is 2. The summed E-state index contributed by atoms with van der Waals surface area (Å²) in [6.45, 7) is -0.226. The summed E-state index contributed by atoms with van der Waals surface area (Å²) in [7, 11) is 0. The molecule has 0 aliphatic carbocycles. The highest BCUT2D eigenvalue weighted by molar-refractivity contribution is 5.79. The van der Waals surface area contributed by atoms with Gasteiger partial charge in [-0.1, -0.05) is 6.07 Å². The number of rotatable bonds is 5. The SMILES string of the molecule is O=Cc1cccc(F)c1OCc1ccc([N+](=O)[O-])c(F)c1. The number of hydrogen-bond donors (Lipinski definition) is 0. The fourth-order valence-corrected chi connectivity index (χ4v) is 1.71.